The molecule has 0 radical (unpaired) electrons. The number of hydrogen-bond acceptors (Lipinski definition) is 5. The Morgan fingerprint density at radius 1 is 1.24 bits per heavy atom. The summed E-state index contributed by atoms with van der Waals surface area (Å²) in [6, 6.07) is 7.92. The number of nitrogen functional groups attached to an aromatic ring is 1. The molecule has 3 rings (SSSR count). The van der Waals surface area contributed by atoms with Crippen LogP contribution in [0.3, 0.4) is 0 Å². The summed E-state index contributed by atoms with van der Waals surface area (Å²) < 4.78 is 7.55. The zero-order valence-corrected chi connectivity index (χ0v) is 14.9. The molecule has 134 valence electrons. The zero-order chi connectivity index (χ0) is 17.5. The molecule has 1 aromatic carbocycles. The first-order chi connectivity index (χ1) is 12.2. The molecule has 0 unspecified atom stereocenters. The Labute approximate surface area is 149 Å². The molecule has 0 spiro atoms. The van der Waals surface area contributed by atoms with E-state index in [1.807, 2.05) is 31.2 Å². The molecule has 1 fully saturated rings. The van der Waals surface area contributed by atoms with Gasteiger partial charge in [-0.3, -0.25) is 0 Å². The maximum absolute atomic E-state index is 5.98. The van der Waals surface area contributed by atoms with Gasteiger partial charge < -0.3 is 15.4 Å². The summed E-state index contributed by atoms with van der Waals surface area (Å²) in [5, 5.41) is 4.38. The van der Waals surface area contributed by atoms with Crippen LogP contribution in [0.5, 0.6) is 5.75 Å². The highest BCUT2D eigenvalue weighted by Gasteiger charge is 2.09. The highest BCUT2D eigenvalue weighted by atomic mass is 16.5. The predicted octanol–water partition coefficient (Wildman–Crippen LogP) is 2.91. The van der Waals surface area contributed by atoms with E-state index in [-0.39, 0.29) is 0 Å². The molecule has 2 N–H and O–H groups in total. The first-order valence-corrected chi connectivity index (χ1v) is 9.02. The monoisotopic (exact) mass is 341 g/mol. The Balaban J connectivity index is 1.54. The van der Waals surface area contributed by atoms with Crippen LogP contribution in [-0.4, -0.2) is 47.0 Å². The number of likely N-dealkylation sites (tertiary alicyclic amines) is 1. The number of benzene rings is 1. The Kier molecular flexibility index (Phi) is 6.06. The summed E-state index contributed by atoms with van der Waals surface area (Å²) in [4.78, 5) is 6.67. The summed E-state index contributed by atoms with van der Waals surface area (Å²) in [7, 11) is 0. The van der Waals surface area contributed by atoms with Gasteiger partial charge in [0, 0.05) is 12.1 Å². The average molecular weight is 341 g/mol. The maximum atomic E-state index is 5.98. The van der Waals surface area contributed by atoms with Crippen LogP contribution in [0.2, 0.25) is 0 Å². The lowest BCUT2D eigenvalue weighted by Gasteiger charge is -2.26. The fraction of sp³-hybridized carbons (Fsp3) is 0.474. The first kappa shape index (κ1) is 17.5. The first-order valence-electron chi connectivity index (χ1n) is 9.02. The second-order valence-corrected chi connectivity index (χ2v) is 6.47. The largest absolute Gasteiger partial charge is 0.493 e. The van der Waals surface area contributed by atoms with Crippen LogP contribution in [0.1, 0.15) is 36.9 Å². The predicted molar refractivity (Wildman–Crippen MR) is 101 cm³/mol. The third kappa shape index (κ3) is 5.06. The molecule has 0 saturated carbocycles. The lowest BCUT2D eigenvalue weighted by atomic mass is 10.1. The highest BCUT2D eigenvalue weighted by molar-refractivity contribution is 5.83. The van der Waals surface area contributed by atoms with Gasteiger partial charge in [-0.05, 0) is 51.4 Å². The van der Waals surface area contributed by atoms with Crippen molar-refractivity contribution < 1.29 is 4.74 Å². The number of nitrogens with two attached hydrogens (primary N) is 1. The molecule has 6 heteroatoms. The standard InChI is InChI=1S/C19H27N5O/c1-16-15-24(19(20)22-16)21-14-17-8-3-4-9-18(17)25-13-7-12-23-10-5-2-6-11-23/h3-4,8-9,14-15H,2,5-7,10-13H2,1H3,(H2,20,22). The van der Waals surface area contributed by atoms with Crippen LogP contribution in [0.15, 0.2) is 35.6 Å². The Morgan fingerprint density at radius 2 is 2.04 bits per heavy atom. The van der Waals surface area contributed by atoms with Gasteiger partial charge in [0.1, 0.15) is 5.75 Å². The van der Waals surface area contributed by atoms with Crippen molar-refractivity contribution in [2.75, 3.05) is 32.0 Å². The van der Waals surface area contributed by atoms with Crippen molar-refractivity contribution in [1.29, 1.82) is 0 Å². The van der Waals surface area contributed by atoms with Gasteiger partial charge in [-0.2, -0.15) is 5.10 Å². The van der Waals surface area contributed by atoms with Crippen LogP contribution in [-0.2, 0) is 0 Å². The number of aromatic nitrogens is 2. The van der Waals surface area contributed by atoms with E-state index in [1.54, 1.807) is 17.1 Å². The number of imidazole rings is 1. The average Bonchev–Trinajstić information content (AvgIpc) is 2.96. The number of ether oxygens (including phenoxy) is 1. The quantitative estimate of drug-likeness (QED) is 0.621. The molecule has 2 heterocycles. The van der Waals surface area contributed by atoms with E-state index in [0.717, 1.165) is 30.0 Å². The van der Waals surface area contributed by atoms with E-state index >= 15 is 0 Å². The molecule has 1 aromatic heterocycles. The number of anilines is 1. The molecule has 1 aliphatic rings. The maximum Gasteiger partial charge on any atom is 0.221 e. The summed E-state index contributed by atoms with van der Waals surface area (Å²) in [6.07, 6.45) is 8.64. The number of nitrogens with zero attached hydrogens (tertiary/aromatic N) is 4. The molecule has 0 aliphatic carbocycles. The zero-order valence-electron chi connectivity index (χ0n) is 14.9. The van der Waals surface area contributed by atoms with E-state index in [2.05, 4.69) is 15.0 Å². The summed E-state index contributed by atoms with van der Waals surface area (Å²) in [5.41, 5.74) is 7.60. The molecule has 0 atom stereocenters. The molecular weight excluding hydrogens is 314 g/mol. The van der Waals surface area contributed by atoms with Crippen LogP contribution in [0, 0.1) is 6.92 Å². The van der Waals surface area contributed by atoms with Gasteiger partial charge in [0.25, 0.3) is 0 Å². The number of aryl methyl sites for hydroxylation is 1. The molecule has 1 aliphatic heterocycles. The normalized spacial score (nSPS) is 15.7. The van der Waals surface area contributed by atoms with Crippen molar-refractivity contribution in [2.45, 2.75) is 32.6 Å². The third-order valence-electron chi connectivity index (χ3n) is 4.40. The molecule has 25 heavy (non-hydrogen) atoms. The Morgan fingerprint density at radius 3 is 2.80 bits per heavy atom. The topological polar surface area (TPSA) is 68.7 Å². The second-order valence-electron chi connectivity index (χ2n) is 6.47. The SMILES string of the molecule is Cc1cn(N=Cc2ccccc2OCCCN2CCCCC2)c(N)n1. The van der Waals surface area contributed by atoms with Gasteiger partial charge in [0.15, 0.2) is 0 Å². The van der Waals surface area contributed by atoms with Crippen molar-refractivity contribution >= 4 is 12.2 Å². The van der Waals surface area contributed by atoms with Gasteiger partial charge in [-0.1, -0.05) is 18.6 Å². The fourth-order valence-electron chi connectivity index (χ4n) is 3.09. The smallest absolute Gasteiger partial charge is 0.221 e. The van der Waals surface area contributed by atoms with E-state index in [9.17, 15) is 0 Å². The van der Waals surface area contributed by atoms with E-state index in [1.165, 1.54) is 32.4 Å². The Hall–Kier alpha value is -2.34. The van der Waals surface area contributed by atoms with Crippen LogP contribution in [0.4, 0.5) is 5.95 Å². The molecule has 0 bridgehead atoms. The molecule has 1 saturated heterocycles. The number of piperidine rings is 1. The minimum absolute atomic E-state index is 0.383. The lowest BCUT2D eigenvalue weighted by Crippen LogP contribution is -2.31. The van der Waals surface area contributed by atoms with Crippen molar-refractivity contribution in [3.63, 3.8) is 0 Å². The molecular formula is C19H27N5O. The number of para-hydroxylation sites is 1. The van der Waals surface area contributed by atoms with Crippen molar-refractivity contribution in [2.24, 2.45) is 5.10 Å². The summed E-state index contributed by atoms with van der Waals surface area (Å²) in [6.45, 7) is 6.18. The highest BCUT2D eigenvalue weighted by Crippen LogP contribution is 2.17. The molecule has 0 amide bonds. The van der Waals surface area contributed by atoms with Gasteiger partial charge in [0.2, 0.25) is 5.95 Å². The van der Waals surface area contributed by atoms with Gasteiger partial charge in [0.05, 0.1) is 24.7 Å². The second kappa shape index (κ2) is 8.67. The minimum atomic E-state index is 0.383. The Bertz CT molecular complexity index is 704. The fourth-order valence-corrected chi connectivity index (χ4v) is 3.09. The summed E-state index contributed by atoms with van der Waals surface area (Å²) in [5.74, 6) is 1.23. The van der Waals surface area contributed by atoms with Crippen molar-refractivity contribution in [3.05, 3.63) is 41.7 Å². The van der Waals surface area contributed by atoms with E-state index < -0.39 is 0 Å². The van der Waals surface area contributed by atoms with Crippen LogP contribution < -0.4 is 10.5 Å². The van der Waals surface area contributed by atoms with Crippen LogP contribution >= 0.6 is 0 Å². The van der Waals surface area contributed by atoms with Crippen molar-refractivity contribution in [3.8, 4) is 5.75 Å². The van der Waals surface area contributed by atoms with Gasteiger partial charge in [-0.25, -0.2) is 9.66 Å². The third-order valence-corrected chi connectivity index (χ3v) is 4.40. The molecule has 6 nitrogen and oxygen atoms in total. The van der Waals surface area contributed by atoms with Gasteiger partial charge in [-0.15, -0.1) is 0 Å². The van der Waals surface area contributed by atoms with Crippen molar-refractivity contribution in [1.82, 2.24) is 14.6 Å². The van der Waals surface area contributed by atoms with Crippen LogP contribution in [0.25, 0.3) is 0 Å². The summed E-state index contributed by atoms with van der Waals surface area (Å²) >= 11 is 0. The van der Waals surface area contributed by atoms with Gasteiger partial charge >= 0.3 is 0 Å². The van der Waals surface area contributed by atoms with E-state index in [4.69, 9.17) is 10.5 Å². The minimum Gasteiger partial charge on any atom is -0.493 e. The molecule has 2 aromatic rings. The number of hydrogen-bond donors (Lipinski definition) is 1. The van der Waals surface area contributed by atoms with E-state index in [0.29, 0.717) is 12.6 Å². The number of rotatable bonds is 7. The lowest BCUT2D eigenvalue weighted by molar-refractivity contribution is 0.205.